The smallest absolute Gasteiger partial charge is 0.309 e. The summed E-state index contributed by atoms with van der Waals surface area (Å²) in [6.45, 7) is 0. The van der Waals surface area contributed by atoms with Crippen LogP contribution in [0.25, 0.3) is 0 Å². The average molecular weight is 202 g/mol. The number of ether oxygens (including phenoxy) is 2. The van der Waals surface area contributed by atoms with Crippen molar-refractivity contribution in [3.8, 4) is 0 Å². The molecule has 80 valence electrons. The van der Waals surface area contributed by atoms with Gasteiger partial charge in [-0.25, -0.2) is 0 Å². The third kappa shape index (κ3) is 4.59. The van der Waals surface area contributed by atoms with Crippen LogP contribution in [-0.4, -0.2) is 32.4 Å². The molecule has 0 saturated carbocycles. The monoisotopic (exact) mass is 202 g/mol. The Bertz CT molecular complexity index is 211. The number of hydrogen-bond donors (Lipinski definition) is 0. The van der Waals surface area contributed by atoms with Crippen LogP contribution in [0.15, 0.2) is 0 Å². The molecule has 14 heavy (non-hydrogen) atoms. The van der Waals surface area contributed by atoms with E-state index in [0.29, 0.717) is 6.29 Å². The van der Waals surface area contributed by atoms with Crippen LogP contribution in [0.3, 0.4) is 0 Å². The van der Waals surface area contributed by atoms with Gasteiger partial charge in [-0.2, -0.15) is 0 Å². The lowest BCUT2D eigenvalue weighted by Gasteiger charge is -2.10. The predicted octanol–water partition coefficient (Wildman–Crippen LogP) is 0.318. The third-order valence-corrected chi connectivity index (χ3v) is 1.84. The van der Waals surface area contributed by atoms with Crippen molar-refractivity contribution in [1.82, 2.24) is 0 Å². The minimum Gasteiger partial charge on any atom is -0.469 e. The first-order valence-corrected chi connectivity index (χ1v) is 4.24. The zero-order valence-corrected chi connectivity index (χ0v) is 8.32. The number of carbonyl (C=O) groups is 3. The van der Waals surface area contributed by atoms with E-state index in [0.717, 1.165) is 0 Å². The Kier molecular flexibility index (Phi) is 6.36. The Morgan fingerprint density at radius 1 is 1.29 bits per heavy atom. The van der Waals surface area contributed by atoms with Crippen molar-refractivity contribution in [3.63, 3.8) is 0 Å². The van der Waals surface area contributed by atoms with Crippen LogP contribution in [0.2, 0.25) is 0 Å². The Hall–Kier alpha value is -1.39. The third-order valence-electron chi connectivity index (χ3n) is 1.84. The van der Waals surface area contributed by atoms with Gasteiger partial charge in [0.2, 0.25) is 0 Å². The molecule has 0 heterocycles. The minimum absolute atomic E-state index is 0.0731. The molecule has 0 fully saturated rings. The van der Waals surface area contributed by atoms with Crippen molar-refractivity contribution in [2.24, 2.45) is 5.92 Å². The molecule has 1 unspecified atom stereocenters. The maximum absolute atomic E-state index is 11.1. The molecule has 0 aliphatic carbocycles. The van der Waals surface area contributed by atoms with Gasteiger partial charge in [0.25, 0.3) is 0 Å². The molecule has 0 aromatic carbocycles. The first-order chi connectivity index (χ1) is 6.65. The fraction of sp³-hybridized carbons (Fsp3) is 0.667. The predicted molar refractivity (Wildman–Crippen MR) is 47.4 cm³/mol. The van der Waals surface area contributed by atoms with E-state index in [4.69, 9.17) is 0 Å². The van der Waals surface area contributed by atoms with Crippen LogP contribution in [0.1, 0.15) is 19.3 Å². The molecule has 1 atom stereocenters. The molecule has 0 saturated heterocycles. The number of hydrogen-bond acceptors (Lipinski definition) is 5. The quantitative estimate of drug-likeness (QED) is 0.458. The molecule has 0 rings (SSSR count). The van der Waals surface area contributed by atoms with E-state index in [9.17, 15) is 14.4 Å². The molecule has 0 aromatic heterocycles. The Morgan fingerprint density at radius 3 is 2.36 bits per heavy atom. The maximum Gasteiger partial charge on any atom is 0.309 e. The summed E-state index contributed by atoms with van der Waals surface area (Å²) >= 11 is 0. The first kappa shape index (κ1) is 12.6. The average Bonchev–Trinajstić information content (AvgIpc) is 2.22. The Labute approximate surface area is 82.4 Å². The van der Waals surface area contributed by atoms with Crippen molar-refractivity contribution in [2.45, 2.75) is 19.3 Å². The largest absolute Gasteiger partial charge is 0.469 e. The van der Waals surface area contributed by atoms with Gasteiger partial charge in [-0.15, -0.1) is 0 Å². The highest BCUT2D eigenvalue weighted by atomic mass is 16.5. The standard InChI is InChI=1S/C9H14O5/c1-13-8(11)4-3-7(5-6-10)9(12)14-2/h6-7H,3-5H2,1-2H3. The first-order valence-electron chi connectivity index (χ1n) is 4.24. The highest BCUT2D eigenvalue weighted by Crippen LogP contribution is 2.12. The van der Waals surface area contributed by atoms with Gasteiger partial charge in [0.05, 0.1) is 20.1 Å². The van der Waals surface area contributed by atoms with Crippen molar-refractivity contribution in [3.05, 3.63) is 0 Å². The van der Waals surface area contributed by atoms with Crippen LogP contribution < -0.4 is 0 Å². The van der Waals surface area contributed by atoms with Gasteiger partial charge < -0.3 is 14.3 Å². The molecule has 5 nitrogen and oxygen atoms in total. The second kappa shape index (κ2) is 7.06. The highest BCUT2D eigenvalue weighted by Gasteiger charge is 2.19. The summed E-state index contributed by atoms with van der Waals surface area (Å²) < 4.78 is 8.89. The van der Waals surface area contributed by atoms with E-state index in [1.165, 1.54) is 14.2 Å². The number of carbonyl (C=O) groups excluding carboxylic acids is 3. The van der Waals surface area contributed by atoms with Gasteiger partial charge in [0.1, 0.15) is 6.29 Å². The topological polar surface area (TPSA) is 69.7 Å². The summed E-state index contributed by atoms with van der Waals surface area (Å²) in [6.07, 6.45) is 1.10. The molecule has 0 aliphatic rings. The van der Waals surface area contributed by atoms with E-state index in [-0.39, 0.29) is 19.3 Å². The summed E-state index contributed by atoms with van der Waals surface area (Å²) in [7, 11) is 2.52. The molecule has 0 radical (unpaired) electrons. The van der Waals surface area contributed by atoms with Crippen molar-refractivity contribution in [1.29, 1.82) is 0 Å². The van der Waals surface area contributed by atoms with Crippen LogP contribution in [0, 0.1) is 5.92 Å². The fourth-order valence-corrected chi connectivity index (χ4v) is 1.01. The lowest BCUT2D eigenvalue weighted by molar-refractivity contribution is -0.147. The van der Waals surface area contributed by atoms with E-state index in [2.05, 4.69) is 9.47 Å². The summed E-state index contributed by atoms with van der Waals surface area (Å²) in [6, 6.07) is 0. The number of aldehydes is 1. The molecule has 0 aliphatic heterocycles. The van der Waals surface area contributed by atoms with Crippen LogP contribution >= 0.6 is 0 Å². The zero-order chi connectivity index (χ0) is 11.0. The van der Waals surface area contributed by atoms with Gasteiger partial charge in [-0.05, 0) is 6.42 Å². The lowest BCUT2D eigenvalue weighted by atomic mass is 10.0. The van der Waals surface area contributed by atoms with E-state index >= 15 is 0 Å². The minimum atomic E-state index is -0.545. The van der Waals surface area contributed by atoms with E-state index in [1.54, 1.807) is 0 Å². The zero-order valence-electron chi connectivity index (χ0n) is 8.32. The summed E-state index contributed by atoms with van der Waals surface area (Å²) in [5.41, 5.74) is 0. The molecule has 0 aromatic rings. The summed E-state index contributed by atoms with van der Waals surface area (Å²) in [5.74, 6) is -1.41. The Morgan fingerprint density at radius 2 is 1.93 bits per heavy atom. The normalized spacial score (nSPS) is 11.6. The van der Waals surface area contributed by atoms with E-state index < -0.39 is 17.9 Å². The van der Waals surface area contributed by atoms with Gasteiger partial charge in [0.15, 0.2) is 0 Å². The molecule has 0 N–H and O–H groups in total. The van der Waals surface area contributed by atoms with Crippen LogP contribution in [0.4, 0.5) is 0 Å². The molecular formula is C9H14O5. The van der Waals surface area contributed by atoms with Crippen molar-refractivity contribution < 1.29 is 23.9 Å². The number of methoxy groups -OCH3 is 2. The number of esters is 2. The van der Waals surface area contributed by atoms with Crippen LogP contribution in [-0.2, 0) is 23.9 Å². The molecule has 0 bridgehead atoms. The van der Waals surface area contributed by atoms with Crippen molar-refractivity contribution >= 4 is 18.2 Å². The molecule has 0 amide bonds. The van der Waals surface area contributed by atoms with Crippen LogP contribution in [0.5, 0.6) is 0 Å². The Balaban J connectivity index is 4.02. The van der Waals surface area contributed by atoms with Gasteiger partial charge in [0, 0.05) is 12.8 Å². The van der Waals surface area contributed by atoms with Gasteiger partial charge in [-0.3, -0.25) is 9.59 Å². The van der Waals surface area contributed by atoms with E-state index in [1.807, 2.05) is 0 Å². The molecular weight excluding hydrogens is 188 g/mol. The fourth-order valence-electron chi connectivity index (χ4n) is 1.01. The highest BCUT2D eigenvalue weighted by molar-refractivity contribution is 5.76. The number of rotatable bonds is 6. The SMILES string of the molecule is COC(=O)CCC(CC=O)C(=O)OC. The maximum atomic E-state index is 11.1. The lowest BCUT2D eigenvalue weighted by Crippen LogP contribution is -2.18. The summed E-state index contributed by atoms with van der Waals surface area (Å²) in [5, 5.41) is 0. The summed E-state index contributed by atoms with van der Waals surface area (Å²) in [4.78, 5) is 32.1. The van der Waals surface area contributed by atoms with Gasteiger partial charge in [-0.1, -0.05) is 0 Å². The second-order valence-corrected chi connectivity index (χ2v) is 2.74. The second-order valence-electron chi connectivity index (χ2n) is 2.74. The van der Waals surface area contributed by atoms with Gasteiger partial charge >= 0.3 is 11.9 Å². The van der Waals surface area contributed by atoms with Crippen molar-refractivity contribution in [2.75, 3.05) is 14.2 Å². The molecule has 0 spiro atoms. The molecule has 5 heteroatoms.